The number of carbonyl (C=O) groups excluding carboxylic acids is 1. The van der Waals surface area contributed by atoms with E-state index in [1.54, 1.807) is 12.1 Å². The van der Waals surface area contributed by atoms with E-state index < -0.39 is 27.6 Å². The van der Waals surface area contributed by atoms with Crippen molar-refractivity contribution in [1.29, 1.82) is 0 Å². The lowest BCUT2D eigenvalue weighted by atomic mass is 10.1. The molecule has 2 saturated carbocycles. The first-order chi connectivity index (χ1) is 17.7. The van der Waals surface area contributed by atoms with Gasteiger partial charge in [-0.1, -0.05) is 25.0 Å². The Morgan fingerprint density at radius 3 is 2.51 bits per heavy atom. The van der Waals surface area contributed by atoms with Crippen LogP contribution in [0.1, 0.15) is 63.4 Å². The third kappa shape index (κ3) is 6.01. The molecule has 2 aromatic rings. The molecule has 2 aliphatic carbocycles. The normalized spacial score (nSPS) is 21.8. The first kappa shape index (κ1) is 25.8. The predicted octanol–water partition coefficient (Wildman–Crippen LogP) is 3.48. The zero-order chi connectivity index (χ0) is 26.0. The van der Waals surface area contributed by atoms with Gasteiger partial charge >= 0.3 is 0 Å². The molecule has 200 valence electrons. The minimum absolute atomic E-state index is 0.104. The molecule has 1 saturated heterocycles. The zero-order valence-electron chi connectivity index (χ0n) is 21.2. The lowest BCUT2D eigenvalue weighted by Crippen LogP contribution is -2.43. The lowest BCUT2D eigenvalue weighted by molar-refractivity contribution is -0.128. The van der Waals surface area contributed by atoms with E-state index in [4.69, 9.17) is 9.47 Å². The molecule has 3 aliphatic rings. The summed E-state index contributed by atoms with van der Waals surface area (Å²) < 4.78 is 40.8. The number of hydrogen-bond acceptors (Lipinski definition) is 8. The highest BCUT2D eigenvalue weighted by Gasteiger charge is 2.54. The fourth-order valence-corrected chi connectivity index (χ4v) is 5.98. The Hall–Kier alpha value is -2.85. The van der Waals surface area contributed by atoms with Gasteiger partial charge < -0.3 is 19.5 Å². The summed E-state index contributed by atoms with van der Waals surface area (Å²) in [7, 11) is -4.22. The molecule has 0 bridgehead atoms. The van der Waals surface area contributed by atoms with Crippen LogP contribution in [0.2, 0.25) is 0 Å². The Kier molecular flexibility index (Phi) is 7.31. The van der Waals surface area contributed by atoms with Crippen molar-refractivity contribution in [3.05, 3.63) is 42.0 Å². The van der Waals surface area contributed by atoms with Crippen LogP contribution in [0.4, 0.5) is 5.82 Å². The van der Waals surface area contributed by atoms with E-state index in [2.05, 4.69) is 9.71 Å². The van der Waals surface area contributed by atoms with Crippen molar-refractivity contribution in [2.75, 3.05) is 18.0 Å². The van der Waals surface area contributed by atoms with Crippen molar-refractivity contribution in [2.45, 2.75) is 87.5 Å². The number of aliphatic hydroxyl groups excluding tert-OH is 1. The number of β-amino-alcohol motifs (C(OH)–C–C–N with tert-alkyl or cyclic N) is 1. The number of amides is 1. The number of rotatable bonds is 8. The molecule has 37 heavy (non-hydrogen) atoms. The van der Waals surface area contributed by atoms with Gasteiger partial charge in [0.25, 0.3) is 15.9 Å². The number of anilines is 1. The highest BCUT2D eigenvalue weighted by atomic mass is 32.2. The highest BCUT2D eigenvalue weighted by molar-refractivity contribution is 7.90. The van der Waals surface area contributed by atoms with Crippen LogP contribution in [-0.4, -0.2) is 55.3 Å². The molecule has 0 unspecified atom stereocenters. The highest BCUT2D eigenvalue weighted by Crippen LogP contribution is 2.44. The number of benzene rings is 1. The predicted molar refractivity (Wildman–Crippen MR) is 138 cm³/mol. The molecule has 1 aromatic carbocycles. The third-order valence-electron chi connectivity index (χ3n) is 7.32. The summed E-state index contributed by atoms with van der Waals surface area (Å²) in [6.45, 7) is 2.91. The zero-order valence-corrected chi connectivity index (χ0v) is 22.0. The van der Waals surface area contributed by atoms with E-state index in [9.17, 15) is 18.3 Å². The van der Waals surface area contributed by atoms with E-state index in [1.807, 2.05) is 30.0 Å². The Balaban J connectivity index is 1.30. The molecule has 5 rings (SSSR count). The van der Waals surface area contributed by atoms with Crippen LogP contribution in [0.25, 0.3) is 0 Å². The minimum atomic E-state index is -4.22. The SMILES string of the molecule is Cc1ccc(OC2CCCCCC2)c(OC2(C(=O)NS(=O)(=O)c3cccc(N4CC[C@H](O)C4)n3)CC2)c1. The van der Waals surface area contributed by atoms with Crippen LogP contribution in [0.15, 0.2) is 41.4 Å². The van der Waals surface area contributed by atoms with Gasteiger partial charge in [-0.2, -0.15) is 8.42 Å². The Morgan fingerprint density at radius 1 is 1.08 bits per heavy atom. The van der Waals surface area contributed by atoms with Gasteiger partial charge in [-0.3, -0.25) is 4.79 Å². The van der Waals surface area contributed by atoms with Crippen LogP contribution in [0.5, 0.6) is 11.5 Å². The van der Waals surface area contributed by atoms with E-state index in [0.717, 1.165) is 31.2 Å². The van der Waals surface area contributed by atoms with Crippen LogP contribution < -0.4 is 19.1 Å². The number of hydrogen-bond donors (Lipinski definition) is 2. The molecule has 10 heteroatoms. The first-order valence-electron chi connectivity index (χ1n) is 13.2. The Bertz CT molecular complexity index is 1240. The van der Waals surface area contributed by atoms with Crippen molar-refractivity contribution in [1.82, 2.24) is 9.71 Å². The van der Waals surface area contributed by atoms with Gasteiger partial charge in [0.1, 0.15) is 5.82 Å². The molecule has 1 aromatic heterocycles. The third-order valence-corrected chi connectivity index (χ3v) is 8.55. The van der Waals surface area contributed by atoms with E-state index in [-0.39, 0.29) is 11.1 Å². The molecule has 2 N–H and O–H groups in total. The second-order valence-corrected chi connectivity index (χ2v) is 12.1. The van der Waals surface area contributed by atoms with Crippen molar-refractivity contribution >= 4 is 21.7 Å². The van der Waals surface area contributed by atoms with Gasteiger partial charge in [0.2, 0.25) is 0 Å². The second-order valence-electron chi connectivity index (χ2n) is 10.4. The molecular weight excluding hydrogens is 494 g/mol. The van der Waals surface area contributed by atoms with E-state index >= 15 is 0 Å². The maximum atomic E-state index is 13.2. The monoisotopic (exact) mass is 529 g/mol. The number of sulfonamides is 1. The van der Waals surface area contributed by atoms with Crippen molar-refractivity contribution in [3.63, 3.8) is 0 Å². The molecule has 9 nitrogen and oxygen atoms in total. The summed E-state index contributed by atoms with van der Waals surface area (Å²) in [6, 6.07) is 10.3. The topological polar surface area (TPSA) is 118 Å². The first-order valence-corrected chi connectivity index (χ1v) is 14.7. The van der Waals surface area contributed by atoms with E-state index in [0.29, 0.717) is 49.7 Å². The van der Waals surface area contributed by atoms with Gasteiger partial charge in [0, 0.05) is 25.9 Å². The average Bonchev–Trinajstić information content (AvgIpc) is 3.59. The molecule has 0 spiro atoms. The fraction of sp³-hybridized carbons (Fsp3) is 0.556. The lowest BCUT2D eigenvalue weighted by Gasteiger charge is -2.23. The number of nitrogens with zero attached hydrogens (tertiary/aromatic N) is 2. The van der Waals surface area contributed by atoms with Gasteiger partial charge in [-0.25, -0.2) is 9.71 Å². The summed E-state index contributed by atoms with van der Waals surface area (Å²) in [6.07, 6.45) is 7.71. The largest absolute Gasteiger partial charge is 0.487 e. The number of nitrogens with one attached hydrogen (secondary N) is 1. The number of aromatic nitrogens is 1. The number of aliphatic hydroxyl groups is 1. The minimum Gasteiger partial charge on any atom is -0.487 e. The Labute approximate surface area is 218 Å². The molecule has 3 fully saturated rings. The van der Waals surface area contributed by atoms with Crippen molar-refractivity contribution in [3.8, 4) is 11.5 Å². The molecule has 2 heterocycles. The van der Waals surface area contributed by atoms with Crippen LogP contribution in [-0.2, 0) is 14.8 Å². The van der Waals surface area contributed by atoms with Gasteiger partial charge in [-0.05, 0) is 68.9 Å². The number of aryl methyl sites for hydroxylation is 1. The molecule has 1 atom stereocenters. The smallest absolute Gasteiger partial charge is 0.281 e. The second kappa shape index (κ2) is 10.5. The fourth-order valence-electron chi connectivity index (χ4n) is 4.98. The Morgan fingerprint density at radius 2 is 1.84 bits per heavy atom. The summed E-state index contributed by atoms with van der Waals surface area (Å²) in [5, 5.41) is 9.55. The molecule has 1 amide bonds. The number of pyridine rings is 1. The van der Waals surface area contributed by atoms with Crippen LogP contribution in [0, 0.1) is 6.92 Å². The van der Waals surface area contributed by atoms with Crippen LogP contribution in [0.3, 0.4) is 0 Å². The van der Waals surface area contributed by atoms with Crippen molar-refractivity contribution in [2.24, 2.45) is 0 Å². The standard InChI is InChI=1S/C27H35N3O6S/c1-19-11-12-22(35-21-7-4-2-3-5-8-21)23(17-19)36-27(14-15-27)26(32)29-37(33,34)25-10-6-9-24(28-25)30-16-13-20(31)18-30/h6,9-12,17,20-21,31H,2-5,7-8,13-16,18H2,1H3,(H,29,32)/t20-/m0/s1. The summed E-state index contributed by atoms with van der Waals surface area (Å²) in [4.78, 5) is 19.3. The summed E-state index contributed by atoms with van der Waals surface area (Å²) in [5.74, 6) is 0.783. The number of ether oxygens (including phenoxy) is 2. The maximum absolute atomic E-state index is 13.2. The van der Waals surface area contributed by atoms with Crippen LogP contribution >= 0.6 is 0 Å². The number of carbonyl (C=O) groups is 1. The van der Waals surface area contributed by atoms with E-state index in [1.165, 1.54) is 18.9 Å². The molecule has 0 radical (unpaired) electrons. The average molecular weight is 530 g/mol. The van der Waals surface area contributed by atoms with Gasteiger partial charge in [0.05, 0.1) is 12.2 Å². The maximum Gasteiger partial charge on any atom is 0.281 e. The van der Waals surface area contributed by atoms with Gasteiger partial charge in [0.15, 0.2) is 22.1 Å². The molecular formula is C27H35N3O6S. The summed E-state index contributed by atoms with van der Waals surface area (Å²) in [5.41, 5.74) is -0.306. The molecule has 1 aliphatic heterocycles. The van der Waals surface area contributed by atoms with Crippen molar-refractivity contribution < 1.29 is 27.8 Å². The van der Waals surface area contributed by atoms with Gasteiger partial charge in [-0.15, -0.1) is 0 Å². The summed E-state index contributed by atoms with van der Waals surface area (Å²) >= 11 is 0. The quantitative estimate of drug-likeness (QED) is 0.499.